The van der Waals surface area contributed by atoms with Crippen molar-refractivity contribution in [2.24, 2.45) is 0 Å². The Hall–Kier alpha value is -2.34. The summed E-state index contributed by atoms with van der Waals surface area (Å²) >= 11 is 13.5. The highest BCUT2D eigenvalue weighted by molar-refractivity contribution is 7.15. The molecule has 136 valence electrons. The third kappa shape index (κ3) is 4.33. The van der Waals surface area contributed by atoms with Gasteiger partial charge in [0.1, 0.15) is 12.4 Å². The Balaban J connectivity index is 1.45. The molecule has 2 heterocycles. The summed E-state index contributed by atoms with van der Waals surface area (Å²) in [4.78, 5) is 17.9. The average Bonchev–Trinajstić information content (AvgIpc) is 3.07. The van der Waals surface area contributed by atoms with Crippen LogP contribution >= 0.6 is 34.5 Å². The van der Waals surface area contributed by atoms with Crippen molar-refractivity contribution < 1.29 is 9.53 Å². The van der Waals surface area contributed by atoms with Crippen molar-refractivity contribution in [1.29, 1.82) is 0 Å². The van der Waals surface area contributed by atoms with Crippen molar-refractivity contribution in [2.75, 3.05) is 11.9 Å². The molecule has 0 unspecified atom stereocenters. The number of anilines is 1. The van der Waals surface area contributed by atoms with E-state index in [1.54, 1.807) is 30.5 Å². The van der Waals surface area contributed by atoms with Crippen molar-refractivity contribution in [1.82, 2.24) is 4.98 Å². The summed E-state index contributed by atoms with van der Waals surface area (Å²) in [5.41, 5.74) is 2.41. The van der Waals surface area contributed by atoms with Crippen molar-refractivity contribution in [2.45, 2.75) is 6.42 Å². The van der Waals surface area contributed by atoms with Crippen LogP contribution in [0.2, 0.25) is 10.0 Å². The first-order chi connectivity index (χ1) is 13.1. The number of carbonyl (C=O) groups is 1. The second kappa shape index (κ2) is 7.72. The molecule has 2 aromatic carbocycles. The van der Waals surface area contributed by atoms with Gasteiger partial charge in [0, 0.05) is 33.1 Å². The van der Waals surface area contributed by atoms with E-state index in [2.05, 4.69) is 10.3 Å². The lowest BCUT2D eigenvalue weighted by Crippen LogP contribution is -2.21. The first kappa shape index (κ1) is 18.0. The van der Waals surface area contributed by atoms with Crippen LogP contribution in [0.5, 0.6) is 5.75 Å². The molecule has 4 nitrogen and oxygen atoms in total. The van der Waals surface area contributed by atoms with Crippen LogP contribution in [0.3, 0.4) is 0 Å². The fourth-order valence-electron chi connectivity index (χ4n) is 2.75. The fourth-order valence-corrected chi connectivity index (χ4v) is 3.99. The molecular weight excluding hydrogens is 403 g/mol. The Labute approximate surface area is 170 Å². The predicted molar refractivity (Wildman–Crippen MR) is 110 cm³/mol. The molecule has 1 aliphatic heterocycles. The molecule has 1 amide bonds. The van der Waals surface area contributed by atoms with E-state index < -0.39 is 0 Å². The van der Waals surface area contributed by atoms with E-state index in [0.717, 1.165) is 16.0 Å². The summed E-state index contributed by atoms with van der Waals surface area (Å²) < 4.78 is 5.63. The normalized spacial score (nSPS) is 12.7. The second-order valence-corrected chi connectivity index (χ2v) is 8.02. The van der Waals surface area contributed by atoms with E-state index >= 15 is 0 Å². The third-order valence-corrected chi connectivity index (χ3v) is 5.40. The summed E-state index contributed by atoms with van der Waals surface area (Å²) in [5, 5.41) is 4.69. The van der Waals surface area contributed by atoms with Crippen LogP contribution in [-0.4, -0.2) is 17.5 Å². The summed E-state index contributed by atoms with van der Waals surface area (Å²) in [5.74, 6) is 0.485. The molecule has 1 N–H and O–H groups in total. The predicted octanol–water partition coefficient (Wildman–Crippen LogP) is 5.46. The Morgan fingerprint density at radius 3 is 2.89 bits per heavy atom. The van der Waals surface area contributed by atoms with Crippen molar-refractivity contribution in [3.8, 4) is 5.75 Å². The second-order valence-electron chi connectivity index (χ2n) is 6.03. The largest absolute Gasteiger partial charge is 0.488 e. The number of hydrogen-bond acceptors (Lipinski definition) is 4. The van der Waals surface area contributed by atoms with Gasteiger partial charge in [0.05, 0.1) is 5.57 Å². The van der Waals surface area contributed by atoms with E-state index in [9.17, 15) is 4.79 Å². The minimum Gasteiger partial charge on any atom is -0.488 e. The number of nitrogens with one attached hydrogen (secondary N) is 1. The maximum atomic E-state index is 12.5. The topological polar surface area (TPSA) is 51.2 Å². The number of amides is 1. The maximum absolute atomic E-state index is 12.5. The summed E-state index contributed by atoms with van der Waals surface area (Å²) in [7, 11) is 0. The SMILES string of the molecule is O=C(Nc1ncc(Cc2cccc(Cl)c2)s1)C1=Cc2cc(Cl)ccc2OC1. The van der Waals surface area contributed by atoms with Gasteiger partial charge in [-0.2, -0.15) is 0 Å². The van der Waals surface area contributed by atoms with Crippen LogP contribution in [0.15, 0.2) is 54.2 Å². The standard InChI is InChI=1S/C20H14Cl2N2O2S/c21-15-3-1-2-12(6-15)7-17-10-23-20(27-17)24-19(25)14-8-13-9-16(22)4-5-18(13)26-11-14/h1-6,8-10H,7,11H2,(H,23,24,25). The Kier molecular flexibility index (Phi) is 5.16. The fraction of sp³-hybridized carbons (Fsp3) is 0.100. The van der Waals surface area contributed by atoms with Crippen LogP contribution < -0.4 is 10.1 Å². The van der Waals surface area contributed by atoms with Gasteiger partial charge in [-0.05, 0) is 42.0 Å². The minimum atomic E-state index is -0.232. The van der Waals surface area contributed by atoms with E-state index in [1.807, 2.05) is 24.3 Å². The van der Waals surface area contributed by atoms with E-state index in [-0.39, 0.29) is 12.5 Å². The van der Waals surface area contributed by atoms with Gasteiger partial charge in [-0.1, -0.05) is 35.3 Å². The molecule has 0 bridgehead atoms. The van der Waals surface area contributed by atoms with Gasteiger partial charge >= 0.3 is 0 Å². The molecular formula is C20H14Cl2N2O2S. The van der Waals surface area contributed by atoms with Crippen molar-refractivity contribution in [3.05, 3.63) is 80.3 Å². The molecule has 1 aliphatic rings. The third-order valence-electron chi connectivity index (χ3n) is 4.02. The van der Waals surface area contributed by atoms with Crippen LogP contribution in [0.25, 0.3) is 6.08 Å². The van der Waals surface area contributed by atoms with Gasteiger partial charge in [0.25, 0.3) is 5.91 Å². The van der Waals surface area contributed by atoms with Gasteiger partial charge < -0.3 is 4.74 Å². The summed E-state index contributed by atoms with van der Waals surface area (Å²) in [6, 6.07) is 13.0. The van der Waals surface area contributed by atoms with Gasteiger partial charge in [-0.15, -0.1) is 11.3 Å². The molecule has 0 aliphatic carbocycles. The molecule has 0 saturated carbocycles. The molecule has 7 heteroatoms. The molecule has 4 rings (SSSR count). The zero-order valence-corrected chi connectivity index (χ0v) is 16.4. The van der Waals surface area contributed by atoms with Gasteiger partial charge in [0.15, 0.2) is 5.13 Å². The number of benzene rings is 2. The lowest BCUT2D eigenvalue weighted by molar-refractivity contribution is -0.113. The van der Waals surface area contributed by atoms with Gasteiger partial charge in [-0.3, -0.25) is 10.1 Å². The number of fused-ring (bicyclic) bond motifs is 1. The number of hydrogen-bond donors (Lipinski definition) is 1. The summed E-state index contributed by atoms with van der Waals surface area (Å²) in [6.07, 6.45) is 4.27. The number of ether oxygens (including phenoxy) is 1. The molecule has 3 aromatic rings. The lowest BCUT2D eigenvalue weighted by Gasteiger charge is -2.17. The molecule has 0 fully saturated rings. The average molecular weight is 417 g/mol. The zero-order chi connectivity index (χ0) is 18.8. The highest BCUT2D eigenvalue weighted by atomic mass is 35.5. The molecule has 1 aromatic heterocycles. The minimum absolute atomic E-state index is 0.210. The van der Waals surface area contributed by atoms with E-state index in [0.29, 0.717) is 32.9 Å². The number of halogens is 2. The zero-order valence-electron chi connectivity index (χ0n) is 14.0. The van der Waals surface area contributed by atoms with Crippen molar-refractivity contribution >= 4 is 51.7 Å². The van der Waals surface area contributed by atoms with Crippen LogP contribution in [-0.2, 0) is 11.2 Å². The molecule has 0 radical (unpaired) electrons. The number of rotatable bonds is 4. The molecule has 27 heavy (non-hydrogen) atoms. The van der Waals surface area contributed by atoms with Crippen molar-refractivity contribution in [3.63, 3.8) is 0 Å². The monoisotopic (exact) mass is 416 g/mol. The van der Waals surface area contributed by atoms with E-state index in [1.165, 1.54) is 11.3 Å². The lowest BCUT2D eigenvalue weighted by atomic mass is 10.1. The van der Waals surface area contributed by atoms with Crippen LogP contribution in [0, 0.1) is 0 Å². The Bertz CT molecular complexity index is 1050. The molecule has 0 saturated heterocycles. The first-order valence-electron chi connectivity index (χ1n) is 8.20. The van der Waals surface area contributed by atoms with Gasteiger partial charge in [-0.25, -0.2) is 4.98 Å². The highest BCUT2D eigenvalue weighted by Crippen LogP contribution is 2.30. The van der Waals surface area contributed by atoms with Gasteiger partial charge in [0.2, 0.25) is 0 Å². The molecule has 0 spiro atoms. The number of aromatic nitrogens is 1. The summed E-state index contributed by atoms with van der Waals surface area (Å²) in [6.45, 7) is 0.210. The van der Waals surface area contributed by atoms with Crippen LogP contribution in [0.4, 0.5) is 5.13 Å². The smallest absolute Gasteiger partial charge is 0.256 e. The Morgan fingerprint density at radius 1 is 1.19 bits per heavy atom. The quantitative estimate of drug-likeness (QED) is 0.614. The highest BCUT2D eigenvalue weighted by Gasteiger charge is 2.18. The first-order valence-corrected chi connectivity index (χ1v) is 9.77. The Morgan fingerprint density at radius 2 is 2.04 bits per heavy atom. The van der Waals surface area contributed by atoms with Crippen LogP contribution in [0.1, 0.15) is 16.0 Å². The maximum Gasteiger partial charge on any atom is 0.256 e. The molecule has 0 atom stereocenters. The number of thiazole rings is 1. The number of nitrogens with zero attached hydrogens (tertiary/aromatic N) is 1. The number of carbonyl (C=O) groups excluding carboxylic acids is 1. The van der Waals surface area contributed by atoms with E-state index in [4.69, 9.17) is 27.9 Å².